The van der Waals surface area contributed by atoms with Crippen molar-refractivity contribution in [3.05, 3.63) is 0 Å². The first-order valence-corrected chi connectivity index (χ1v) is 35.5. The summed E-state index contributed by atoms with van der Waals surface area (Å²) in [5.74, 6) is 1.93. The third kappa shape index (κ3) is 56.7. The number of alkyl halides is 3. The molecule has 33 N–H and O–H groups in total. The van der Waals surface area contributed by atoms with Crippen LogP contribution in [0.1, 0.15) is 197 Å². The summed E-state index contributed by atoms with van der Waals surface area (Å²) in [6, 6.07) is 0. The monoisotopic (exact) mass is 1320 g/mol. The van der Waals surface area contributed by atoms with Gasteiger partial charge in [-0.3, -0.25) is 0 Å². The summed E-state index contributed by atoms with van der Waals surface area (Å²) >= 11 is 0. The summed E-state index contributed by atoms with van der Waals surface area (Å²) in [5.41, 5.74) is 78.1. The number of halogens is 3. The van der Waals surface area contributed by atoms with Gasteiger partial charge in [-0.25, -0.2) is 0 Å². The molecule has 4 atom stereocenters. The van der Waals surface area contributed by atoms with Gasteiger partial charge in [-0.15, -0.1) is 0 Å². The zero-order valence-electron chi connectivity index (χ0n) is 61.2. The molecule has 0 saturated carbocycles. The van der Waals surface area contributed by atoms with E-state index < -0.39 is 24.6 Å². The number of aliphatic hydroxyl groups is 1. The minimum Gasteiger partial charge on any atom is -0.396 e. The number of aliphatic hydroxyl groups excluding tert-OH is 1. The zero-order valence-corrected chi connectivity index (χ0v) is 61.2. The quantitative estimate of drug-likeness (QED) is 0.0367. The predicted octanol–water partition coefficient (Wildman–Crippen LogP) is 4.68. The van der Waals surface area contributed by atoms with Crippen LogP contribution >= 0.6 is 0 Å². The van der Waals surface area contributed by atoms with Crippen LogP contribution in [0.2, 0.25) is 0 Å². The molecule has 0 rings (SSSR count). The van der Waals surface area contributed by atoms with Gasteiger partial charge in [0.2, 0.25) is 0 Å². The molecule has 0 aromatic rings. The van der Waals surface area contributed by atoms with E-state index in [0.717, 1.165) is 168 Å². The van der Waals surface area contributed by atoms with E-state index in [9.17, 15) is 18.3 Å². The molecule has 0 fully saturated rings. The Kier molecular flexibility index (Phi) is 73.5. The topological polar surface area (TPSA) is 451 Å². The van der Waals surface area contributed by atoms with Crippen molar-refractivity contribution in [1.29, 1.82) is 0 Å². The summed E-state index contributed by atoms with van der Waals surface area (Å²) < 4.78 is 49.3. The van der Waals surface area contributed by atoms with Crippen molar-refractivity contribution in [1.82, 2.24) is 21.3 Å². The highest BCUT2D eigenvalue weighted by Crippen LogP contribution is 2.36. The summed E-state index contributed by atoms with van der Waals surface area (Å²) in [6.07, 6.45) is 15.1. The number of rotatable bonds is 55. The minimum atomic E-state index is -4.35. The first-order chi connectivity index (χ1) is 43.2. The summed E-state index contributed by atoms with van der Waals surface area (Å²) in [7, 11) is 3.32. The van der Waals surface area contributed by atoms with Gasteiger partial charge >= 0.3 is 6.18 Å². The lowest BCUT2D eigenvalue weighted by molar-refractivity contribution is -0.164. The van der Waals surface area contributed by atoms with Crippen LogP contribution in [0.25, 0.3) is 0 Å². The van der Waals surface area contributed by atoms with E-state index in [-0.39, 0.29) is 40.0 Å². The van der Waals surface area contributed by atoms with Gasteiger partial charge in [0, 0.05) is 59.0 Å². The van der Waals surface area contributed by atoms with Gasteiger partial charge in [0.15, 0.2) is 0 Å². The molecular formula is C67H161F3N18O3. The van der Waals surface area contributed by atoms with Crippen molar-refractivity contribution in [3.8, 4) is 0 Å². The number of hydrogen-bond donors (Lipinski definition) is 19. The molecule has 0 heterocycles. The second-order valence-corrected chi connectivity index (χ2v) is 27.0. The van der Waals surface area contributed by atoms with Crippen LogP contribution in [0.5, 0.6) is 0 Å². The van der Waals surface area contributed by atoms with Crippen LogP contribution < -0.4 is 102 Å². The molecule has 21 nitrogen and oxygen atoms in total. The first kappa shape index (κ1) is 101. The summed E-state index contributed by atoms with van der Waals surface area (Å²) in [4.78, 5) is 0. The molecule has 0 bridgehead atoms. The van der Waals surface area contributed by atoms with E-state index in [4.69, 9.17) is 85.0 Å². The Morgan fingerprint density at radius 2 is 0.736 bits per heavy atom. The summed E-state index contributed by atoms with van der Waals surface area (Å²) in [5, 5.41) is 23.7. The van der Waals surface area contributed by atoms with E-state index in [1.165, 1.54) is 19.3 Å². The highest BCUT2D eigenvalue weighted by atomic mass is 19.4. The van der Waals surface area contributed by atoms with Crippen LogP contribution in [0.15, 0.2) is 0 Å². The minimum absolute atomic E-state index is 0.0762. The Balaban J connectivity index is -0.000000269. The SMILES string of the molecule is CC(CCN)CCN.CCCC(C)(CN)CNCCC(CC)(CN)CNCCC(CN)(CN)CCC.CCCC(C)(CN)CNCCC(CO)(CNCCC(CN)(CN)CCC)CC(F)(F)F.CCCC(CCN)CCN.COCCC(CN)CN.COCCN. The largest absolute Gasteiger partial charge is 0.396 e. The number of hydrogen-bond acceptors (Lipinski definition) is 21. The first-order valence-electron chi connectivity index (χ1n) is 35.5. The zero-order chi connectivity index (χ0) is 71.0. The molecule has 24 heteroatoms. The molecule has 0 aromatic carbocycles. The van der Waals surface area contributed by atoms with Crippen LogP contribution in [0.3, 0.4) is 0 Å². The highest BCUT2D eigenvalue weighted by molar-refractivity contribution is 4.89. The van der Waals surface area contributed by atoms with Gasteiger partial charge in [-0.2, -0.15) is 13.2 Å². The number of nitrogens with two attached hydrogens (primary N) is 14. The average Bonchev–Trinajstić information content (AvgIpc) is 1.59. The van der Waals surface area contributed by atoms with Gasteiger partial charge in [0.05, 0.1) is 19.6 Å². The highest BCUT2D eigenvalue weighted by Gasteiger charge is 2.42. The Hall–Kier alpha value is -1.05. The molecule has 4 unspecified atom stereocenters. The van der Waals surface area contributed by atoms with Crippen LogP contribution in [-0.2, 0) is 9.47 Å². The molecule has 558 valence electrons. The van der Waals surface area contributed by atoms with Crippen molar-refractivity contribution in [2.75, 3.05) is 178 Å². The molecule has 0 aromatic heterocycles. The fourth-order valence-corrected chi connectivity index (χ4v) is 11.3. The average molecular weight is 1320 g/mol. The fourth-order valence-electron chi connectivity index (χ4n) is 11.3. The molecule has 0 saturated heterocycles. The molecule has 0 aliphatic rings. The molecule has 0 spiro atoms. The normalized spacial score (nSPS) is 14.5. The number of nitrogens with one attached hydrogen (secondary N) is 4. The van der Waals surface area contributed by atoms with Gasteiger partial charge in [-0.1, -0.05) is 101 Å². The Morgan fingerprint density at radius 3 is 1.00 bits per heavy atom. The van der Waals surface area contributed by atoms with E-state index in [0.29, 0.717) is 103 Å². The molecule has 0 radical (unpaired) electrons. The fraction of sp³-hybridized carbons (Fsp3) is 1.00. The van der Waals surface area contributed by atoms with Crippen molar-refractivity contribution in [2.24, 2.45) is 131 Å². The maximum absolute atomic E-state index is 13.3. The number of methoxy groups -OCH3 is 2. The molecule has 0 aliphatic heterocycles. The van der Waals surface area contributed by atoms with Crippen LogP contribution in [0.4, 0.5) is 13.2 Å². The molecule has 0 aliphatic carbocycles. The van der Waals surface area contributed by atoms with E-state index in [2.05, 4.69) is 88.3 Å². The second-order valence-electron chi connectivity index (χ2n) is 27.0. The maximum atomic E-state index is 13.3. The second kappa shape index (κ2) is 66.2. The van der Waals surface area contributed by atoms with Gasteiger partial charge in [-0.05, 0) is 246 Å². The van der Waals surface area contributed by atoms with Gasteiger partial charge in [0.25, 0.3) is 0 Å². The third-order valence-electron chi connectivity index (χ3n) is 18.4. The molecule has 0 amide bonds. The third-order valence-corrected chi connectivity index (χ3v) is 18.4. The van der Waals surface area contributed by atoms with Crippen molar-refractivity contribution in [3.63, 3.8) is 0 Å². The lowest BCUT2D eigenvalue weighted by atomic mass is 9.79. The lowest BCUT2D eigenvalue weighted by Crippen LogP contribution is -2.46. The van der Waals surface area contributed by atoms with Gasteiger partial charge in [0.1, 0.15) is 0 Å². The molecule has 91 heavy (non-hydrogen) atoms. The van der Waals surface area contributed by atoms with Crippen LogP contribution in [0, 0.1) is 50.2 Å². The van der Waals surface area contributed by atoms with E-state index in [1.54, 1.807) is 14.2 Å². The standard InChI is InChI=1S/C22H48F3N5O.C22H52N6.C8H20N2.C6H16N2O.C6H16N2.C3H9NO/c1-4-6-19(3,13-26)16-29-11-9-21(18-31,12-22(23,24)25)17-30-10-8-20(14-27,15-28)7-5-2;1-5-8-20(4,14-23)18-27-12-10-21(7-3,15-24)19-28-13-11-22(16-25,17-26)9-6-2;1-2-3-8(4-6-9)5-7-10;1-9-3-2-6(4-7)5-8;1-6(2-4-7)3-5-8;1-5-3-2-4/h29-31H,4-18,26-28H2,1-3H3;27-28H,5-19,23-26H2,1-4H3;8H,2-7,9-10H2,1H3;6H,2-5,7-8H2,1H3;6H,2-5,7-8H2,1H3;2-4H2,1H3. The van der Waals surface area contributed by atoms with Crippen LogP contribution in [-0.4, -0.2) is 189 Å². The van der Waals surface area contributed by atoms with Crippen molar-refractivity contribution in [2.45, 2.75) is 203 Å². The Labute approximate surface area is 558 Å². The van der Waals surface area contributed by atoms with Gasteiger partial charge < -0.3 is 116 Å². The predicted molar refractivity (Wildman–Crippen MR) is 388 cm³/mol. The lowest BCUT2D eigenvalue weighted by Gasteiger charge is -2.35. The van der Waals surface area contributed by atoms with Crippen molar-refractivity contribution < 1.29 is 27.8 Å². The van der Waals surface area contributed by atoms with E-state index in [1.807, 2.05) is 0 Å². The van der Waals surface area contributed by atoms with E-state index >= 15 is 0 Å². The number of ether oxygens (including phenoxy) is 2. The molecular weight excluding hydrogens is 1160 g/mol. The maximum Gasteiger partial charge on any atom is 0.389 e. The smallest absolute Gasteiger partial charge is 0.389 e. The summed E-state index contributed by atoms with van der Waals surface area (Å²) in [6.45, 7) is 35.3. The Morgan fingerprint density at radius 1 is 0.385 bits per heavy atom. The van der Waals surface area contributed by atoms with Crippen molar-refractivity contribution >= 4 is 0 Å². The Bertz CT molecular complexity index is 1420.